The van der Waals surface area contributed by atoms with Crippen molar-refractivity contribution in [3.05, 3.63) is 0 Å². The lowest BCUT2D eigenvalue weighted by Gasteiger charge is -1.84. The van der Waals surface area contributed by atoms with Gasteiger partial charge in [0.2, 0.25) is 0 Å². The highest BCUT2D eigenvalue weighted by molar-refractivity contribution is 6.64. The Kier molecular flexibility index (Phi) is 6.28. The summed E-state index contributed by atoms with van der Waals surface area (Å²) in [5.41, 5.74) is 0. The van der Waals surface area contributed by atoms with Crippen molar-refractivity contribution >= 4 is 14.1 Å². The molecular formula is C8H15Al. The molecule has 0 unspecified atom stereocenters. The van der Waals surface area contributed by atoms with E-state index in [1.807, 2.05) is 0 Å². The average Bonchev–Trinajstić information content (AvgIpc) is 1.80. The van der Waals surface area contributed by atoms with Gasteiger partial charge in [-0.3, -0.25) is 0 Å². The molecule has 1 heteroatoms. The minimum Gasteiger partial charge on any atom is -0.205 e. The van der Waals surface area contributed by atoms with Gasteiger partial charge in [0.05, 0.1) is 0 Å². The maximum absolute atomic E-state index is 3.27. The van der Waals surface area contributed by atoms with E-state index in [2.05, 4.69) is 29.2 Å². The zero-order chi connectivity index (χ0) is 7.11. The van der Waals surface area contributed by atoms with Gasteiger partial charge in [0, 0.05) is 6.42 Å². The van der Waals surface area contributed by atoms with Crippen LogP contribution in [0.1, 0.15) is 26.2 Å². The molecule has 0 aliphatic heterocycles. The standard InChI is InChI=1S/C6H9.2CH3.Al/c1-3-5-6-4-2;;;/h3,5-6H2,1H3;2*1H3;. The summed E-state index contributed by atoms with van der Waals surface area (Å²) in [7, 11) is 0. The number of hydrogen-bond donors (Lipinski definition) is 0. The molecule has 0 heterocycles. The van der Waals surface area contributed by atoms with Gasteiger partial charge in [0.1, 0.15) is 0 Å². The highest BCUT2D eigenvalue weighted by Crippen LogP contribution is 1.90. The van der Waals surface area contributed by atoms with Crippen LogP contribution in [-0.4, -0.2) is 14.1 Å². The molecule has 0 aromatic rings. The van der Waals surface area contributed by atoms with Crippen molar-refractivity contribution in [3.8, 4) is 10.7 Å². The van der Waals surface area contributed by atoms with Gasteiger partial charge in [-0.05, 0) is 6.42 Å². The largest absolute Gasteiger partial charge is 0.369 e. The predicted molar refractivity (Wildman–Crippen MR) is 44.8 cm³/mol. The molecule has 9 heavy (non-hydrogen) atoms. The second kappa shape index (κ2) is 6.22. The molecule has 0 saturated heterocycles. The van der Waals surface area contributed by atoms with E-state index in [0.717, 1.165) is 6.42 Å². The van der Waals surface area contributed by atoms with E-state index >= 15 is 0 Å². The van der Waals surface area contributed by atoms with Crippen LogP contribution in [-0.2, 0) is 0 Å². The molecule has 0 atom stereocenters. The number of rotatable bonds is 2. The summed E-state index contributed by atoms with van der Waals surface area (Å²) in [6.07, 6.45) is 3.66. The van der Waals surface area contributed by atoms with E-state index in [-0.39, 0.29) is 0 Å². The van der Waals surface area contributed by atoms with E-state index in [9.17, 15) is 0 Å². The van der Waals surface area contributed by atoms with Gasteiger partial charge in [-0.15, -0.1) is 5.92 Å². The van der Waals surface area contributed by atoms with Crippen LogP contribution in [0.4, 0.5) is 0 Å². The fourth-order valence-corrected chi connectivity index (χ4v) is 1.09. The van der Waals surface area contributed by atoms with Gasteiger partial charge in [-0.2, -0.15) is 0 Å². The van der Waals surface area contributed by atoms with Crippen molar-refractivity contribution in [2.75, 3.05) is 0 Å². The Morgan fingerprint density at radius 2 is 2.00 bits per heavy atom. The Hall–Kier alpha value is 0.0925. The van der Waals surface area contributed by atoms with Gasteiger partial charge in [0.25, 0.3) is 0 Å². The molecule has 0 spiro atoms. The molecule has 0 radical (unpaired) electrons. The molecule has 0 aromatic heterocycles. The Morgan fingerprint density at radius 1 is 1.33 bits per heavy atom. The van der Waals surface area contributed by atoms with Crippen molar-refractivity contribution in [2.45, 2.75) is 37.8 Å². The Balaban J connectivity index is 3.16. The fourth-order valence-electron chi connectivity index (χ4n) is 0.541. The molecule has 0 aliphatic rings. The summed E-state index contributed by atoms with van der Waals surface area (Å²) in [5, 5.41) is 0. The van der Waals surface area contributed by atoms with E-state index in [1.54, 1.807) is 0 Å². The van der Waals surface area contributed by atoms with Crippen LogP contribution in [0, 0.1) is 10.7 Å². The zero-order valence-corrected chi connectivity index (χ0v) is 7.85. The van der Waals surface area contributed by atoms with E-state index in [4.69, 9.17) is 0 Å². The molecule has 0 fully saturated rings. The van der Waals surface area contributed by atoms with Gasteiger partial charge in [-0.1, -0.05) is 24.9 Å². The normalized spacial score (nSPS) is 7.89. The quantitative estimate of drug-likeness (QED) is 0.312. The van der Waals surface area contributed by atoms with E-state index in [1.165, 1.54) is 12.8 Å². The molecule has 50 valence electrons. The van der Waals surface area contributed by atoms with Crippen LogP contribution in [0.5, 0.6) is 0 Å². The monoisotopic (exact) mass is 138 g/mol. The molecule has 0 saturated carbocycles. The van der Waals surface area contributed by atoms with Crippen molar-refractivity contribution in [1.29, 1.82) is 0 Å². The Bertz CT molecular complexity index is 105. The van der Waals surface area contributed by atoms with Gasteiger partial charge >= 0.3 is 14.1 Å². The summed E-state index contributed by atoms with van der Waals surface area (Å²) in [6.45, 7) is 2.20. The summed E-state index contributed by atoms with van der Waals surface area (Å²) < 4.78 is 0. The lowest BCUT2D eigenvalue weighted by Crippen LogP contribution is -1.92. The van der Waals surface area contributed by atoms with Crippen LogP contribution in [0.15, 0.2) is 0 Å². The summed E-state index contributed by atoms with van der Waals surface area (Å²) in [4.78, 5) is 3.27. The van der Waals surface area contributed by atoms with Crippen molar-refractivity contribution < 1.29 is 0 Å². The highest BCUT2D eigenvalue weighted by atomic mass is 27.2. The zero-order valence-electron chi connectivity index (χ0n) is 6.70. The smallest absolute Gasteiger partial charge is 0.205 e. The lowest BCUT2D eigenvalue weighted by molar-refractivity contribution is 0.828. The third-order valence-corrected chi connectivity index (χ3v) is 1.83. The third-order valence-electron chi connectivity index (χ3n) is 1.05. The van der Waals surface area contributed by atoms with Gasteiger partial charge < -0.3 is 0 Å². The molecular weight excluding hydrogens is 123 g/mol. The number of hydrogen-bond acceptors (Lipinski definition) is 0. The number of unbranched alkanes of at least 4 members (excludes halogenated alkanes) is 2. The van der Waals surface area contributed by atoms with Gasteiger partial charge in [-0.25, -0.2) is 4.78 Å². The molecule has 0 nitrogen and oxygen atoms in total. The first-order valence-corrected chi connectivity index (χ1v) is 6.64. The van der Waals surface area contributed by atoms with Crippen LogP contribution >= 0.6 is 0 Å². The van der Waals surface area contributed by atoms with Gasteiger partial charge in [0.15, 0.2) is 0 Å². The van der Waals surface area contributed by atoms with E-state index < -0.39 is 14.1 Å². The Labute approximate surface area is 63.0 Å². The fraction of sp³-hybridized carbons (Fsp3) is 0.750. The minimum absolute atomic E-state index is 0.574. The van der Waals surface area contributed by atoms with Crippen molar-refractivity contribution in [3.63, 3.8) is 0 Å². The van der Waals surface area contributed by atoms with Crippen molar-refractivity contribution in [2.24, 2.45) is 0 Å². The predicted octanol–water partition coefficient (Wildman–Crippen LogP) is 2.47. The first-order valence-electron chi connectivity index (χ1n) is 3.75. The first kappa shape index (κ1) is 9.09. The molecule has 0 aromatic carbocycles. The van der Waals surface area contributed by atoms with E-state index in [0.29, 0.717) is 0 Å². The minimum atomic E-state index is -0.574. The molecule has 0 bridgehead atoms. The summed E-state index contributed by atoms with van der Waals surface area (Å²) in [5.74, 6) is 7.72. The molecule has 0 rings (SSSR count). The maximum atomic E-state index is 3.27. The lowest BCUT2D eigenvalue weighted by atomic mass is 10.3. The highest BCUT2D eigenvalue weighted by Gasteiger charge is 1.92. The summed E-state index contributed by atoms with van der Waals surface area (Å²) in [6, 6.07) is 0. The molecule has 0 amide bonds. The van der Waals surface area contributed by atoms with Crippen LogP contribution in [0.3, 0.4) is 0 Å². The third kappa shape index (κ3) is 8.09. The summed E-state index contributed by atoms with van der Waals surface area (Å²) >= 11 is -0.574. The van der Waals surface area contributed by atoms with Crippen LogP contribution in [0.2, 0.25) is 11.6 Å². The molecule has 0 aliphatic carbocycles. The SMILES string of the molecule is CCCCC#[C][Al]([CH3])[CH3]. The maximum Gasteiger partial charge on any atom is 0.369 e. The second-order valence-corrected chi connectivity index (χ2v) is 5.18. The Morgan fingerprint density at radius 3 is 2.44 bits per heavy atom. The average molecular weight is 138 g/mol. The second-order valence-electron chi connectivity index (χ2n) is 2.58. The van der Waals surface area contributed by atoms with Crippen LogP contribution < -0.4 is 0 Å². The van der Waals surface area contributed by atoms with Crippen LogP contribution in [0.25, 0.3) is 0 Å². The van der Waals surface area contributed by atoms with Crippen molar-refractivity contribution in [1.82, 2.24) is 0 Å². The topological polar surface area (TPSA) is 0 Å². The molecule has 0 N–H and O–H groups in total. The first-order chi connectivity index (χ1) is 4.27.